The fourth-order valence-corrected chi connectivity index (χ4v) is 2.05. The lowest BCUT2D eigenvalue weighted by Crippen LogP contribution is -2.46. The van der Waals surface area contributed by atoms with Crippen molar-refractivity contribution in [3.8, 4) is 5.88 Å². The lowest BCUT2D eigenvalue weighted by atomic mass is 10.1. The van der Waals surface area contributed by atoms with Crippen molar-refractivity contribution in [1.82, 2.24) is 10.3 Å². The maximum absolute atomic E-state index is 12.3. The van der Waals surface area contributed by atoms with Crippen LogP contribution in [0.5, 0.6) is 5.88 Å². The lowest BCUT2D eigenvalue weighted by molar-refractivity contribution is -0.138. The number of benzene rings is 1. The van der Waals surface area contributed by atoms with E-state index in [-0.39, 0.29) is 24.0 Å². The summed E-state index contributed by atoms with van der Waals surface area (Å²) in [5.74, 6) is -0.900. The van der Waals surface area contributed by atoms with Crippen LogP contribution >= 0.6 is 0 Å². The van der Waals surface area contributed by atoms with Crippen LogP contribution in [0.4, 0.5) is 4.79 Å². The summed E-state index contributed by atoms with van der Waals surface area (Å²) in [5.41, 5.74) is 0.449. The molecule has 1 heterocycles. The Hall–Kier alpha value is -3.09. The van der Waals surface area contributed by atoms with E-state index >= 15 is 0 Å². The molecule has 0 aliphatic heterocycles. The molecule has 1 atom stereocenters. The van der Waals surface area contributed by atoms with Gasteiger partial charge in [0.15, 0.2) is 0 Å². The number of H-pyrrole nitrogens is 1. The minimum absolute atomic E-state index is 0.0163. The number of ether oxygens (including phenoxy) is 2. The van der Waals surface area contributed by atoms with Gasteiger partial charge in [0, 0.05) is 6.07 Å². The highest BCUT2D eigenvalue weighted by Crippen LogP contribution is 2.09. The summed E-state index contributed by atoms with van der Waals surface area (Å²) >= 11 is 0. The molecule has 0 bridgehead atoms. The third-order valence-corrected chi connectivity index (χ3v) is 3.36. The van der Waals surface area contributed by atoms with E-state index in [0.717, 1.165) is 5.56 Å². The highest BCUT2D eigenvalue weighted by molar-refractivity contribution is 5.82. The van der Waals surface area contributed by atoms with Crippen LogP contribution in [0.1, 0.15) is 19.4 Å². The second-order valence-electron chi connectivity index (χ2n) is 5.73. The number of esters is 1. The van der Waals surface area contributed by atoms with Crippen molar-refractivity contribution in [1.29, 1.82) is 0 Å². The van der Waals surface area contributed by atoms with E-state index in [1.165, 1.54) is 18.2 Å². The number of hydrogen-bond acceptors (Lipinski definition) is 5. The van der Waals surface area contributed by atoms with Crippen LogP contribution in [0.15, 0.2) is 53.3 Å². The van der Waals surface area contributed by atoms with E-state index < -0.39 is 18.1 Å². The predicted octanol–water partition coefficient (Wildman–Crippen LogP) is 2.23. The number of nitrogens with one attached hydrogen (secondary N) is 2. The molecule has 0 saturated carbocycles. The molecule has 132 valence electrons. The first-order chi connectivity index (χ1) is 12.0. The van der Waals surface area contributed by atoms with Crippen molar-refractivity contribution >= 4 is 12.1 Å². The summed E-state index contributed by atoms with van der Waals surface area (Å²) in [7, 11) is 0. The Morgan fingerprint density at radius 1 is 1.08 bits per heavy atom. The predicted molar refractivity (Wildman–Crippen MR) is 91.1 cm³/mol. The van der Waals surface area contributed by atoms with Crippen LogP contribution in [0.25, 0.3) is 0 Å². The number of pyridine rings is 1. The second kappa shape index (κ2) is 8.68. The molecule has 2 aromatic rings. The van der Waals surface area contributed by atoms with Crippen molar-refractivity contribution in [2.24, 2.45) is 5.92 Å². The van der Waals surface area contributed by atoms with Gasteiger partial charge in [-0.05, 0) is 17.5 Å². The molecular weight excluding hydrogens is 324 g/mol. The summed E-state index contributed by atoms with van der Waals surface area (Å²) in [6, 6.07) is 12.5. The topological polar surface area (TPSA) is 97.5 Å². The molecular formula is C18H20N2O5. The first kappa shape index (κ1) is 18.3. The zero-order chi connectivity index (χ0) is 18.2. The van der Waals surface area contributed by atoms with Gasteiger partial charge in [0.2, 0.25) is 5.88 Å². The fraction of sp³-hybridized carbons (Fsp3) is 0.278. The Morgan fingerprint density at radius 2 is 1.80 bits per heavy atom. The van der Waals surface area contributed by atoms with Gasteiger partial charge in [0.1, 0.15) is 12.6 Å². The van der Waals surface area contributed by atoms with Crippen molar-refractivity contribution in [3.05, 3.63) is 64.4 Å². The Bertz CT molecular complexity index is 770. The quantitative estimate of drug-likeness (QED) is 0.783. The molecule has 2 rings (SSSR count). The van der Waals surface area contributed by atoms with Gasteiger partial charge in [-0.3, -0.25) is 9.78 Å². The molecule has 0 spiro atoms. The van der Waals surface area contributed by atoms with Crippen LogP contribution < -0.4 is 15.6 Å². The molecule has 7 heteroatoms. The maximum atomic E-state index is 12.3. The van der Waals surface area contributed by atoms with Crippen LogP contribution in [0.3, 0.4) is 0 Å². The van der Waals surface area contributed by atoms with Crippen molar-refractivity contribution in [2.75, 3.05) is 0 Å². The van der Waals surface area contributed by atoms with Gasteiger partial charge in [0.05, 0.1) is 0 Å². The first-order valence-electron chi connectivity index (χ1n) is 7.84. The zero-order valence-electron chi connectivity index (χ0n) is 14.0. The third kappa shape index (κ3) is 5.80. The number of hydrogen-bond donors (Lipinski definition) is 2. The Balaban J connectivity index is 1.94. The molecule has 1 aromatic carbocycles. The van der Waals surface area contributed by atoms with Gasteiger partial charge in [-0.1, -0.05) is 50.2 Å². The van der Waals surface area contributed by atoms with E-state index in [2.05, 4.69) is 10.3 Å². The SMILES string of the molecule is CC(C)[C@H](NC(=O)OCc1ccccc1)C(=O)Oc1cccc(=O)[nH]1. The minimum atomic E-state index is -0.910. The van der Waals surface area contributed by atoms with Gasteiger partial charge >= 0.3 is 12.1 Å². The van der Waals surface area contributed by atoms with Gasteiger partial charge in [-0.25, -0.2) is 9.59 Å². The van der Waals surface area contributed by atoms with Gasteiger partial charge in [0.25, 0.3) is 5.56 Å². The zero-order valence-corrected chi connectivity index (χ0v) is 14.0. The molecule has 2 N–H and O–H groups in total. The Kier molecular flexibility index (Phi) is 6.33. The molecule has 1 amide bonds. The number of aromatic amines is 1. The number of amides is 1. The van der Waals surface area contributed by atoms with E-state index in [1.807, 2.05) is 30.3 Å². The number of aromatic nitrogens is 1. The monoisotopic (exact) mass is 344 g/mol. The van der Waals surface area contributed by atoms with Crippen LogP contribution in [-0.2, 0) is 16.1 Å². The largest absolute Gasteiger partial charge is 0.445 e. The maximum Gasteiger partial charge on any atom is 0.408 e. The normalized spacial score (nSPS) is 11.6. The van der Waals surface area contributed by atoms with Crippen LogP contribution in [0, 0.1) is 5.92 Å². The second-order valence-corrected chi connectivity index (χ2v) is 5.73. The summed E-state index contributed by atoms with van der Waals surface area (Å²) in [6.45, 7) is 3.62. The van der Waals surface area contributed by atoms with E-state index in [9.17, 15) is 14.4 Å². The number of carbonyl (C=O) groups excluding carboxylic acids is 2. The molecule has 25 heavy (non-hydrogen) atoms. The van der Waals surface area contributed by atoms with Gasteiger partial charge in [-0.15, -0.1) is 0 Å². The Labute approximate surface area is 145 Å². The number of carbonyl (C=O) groups is 2. The Morgan fingerprint density at radius 3 is 2.44 bits per heavy atom. The van der Waals surface area contributed by atoms with Gasteiger partial charge in [-0.2, -0.15) is 0 Å². The third-order valence-electron chi connectivity index (χ3n) is 3.36. The molecule has 1 aromatic heterocycles. The molecule has 0 fully saturated rings. The summed E-state index contributed by atoms with van der Waals surface area (Å²) in [5, 5.41) is 2.49. The standard InChI is InChI=1S/C18H20N2O5/c1-12(2)16(17(22)25-15-10-6-9-14(21)19-15)20-18(23)24-11-13-7-4-3-5-8-13/h3-10,12,16H,11H2,1-2H3,(H,19,21)(H,20,23)/t16-/m0/s1. The lowest BCUT2D eigenvalue weighted by Gasteiger charge is -2.20. The van der Waals surface area contributed by atoms with Crippen LogP contribution in [-0.4, -0.2) is 23.1 Å². The van der Waals surface area contributed by atoms with E-state index in [0.29, 0.717) is 0 Å². The van der Waals surface area contributed by atoms with Crippen molar-refractivity contribution in [3.63, 3.8) is 0 Å². The van der Waals surface area contributed by atoms with Crippen molar-refractivity contribution in [2.45, 2.75) is 26.5 Å². The summed E-state index contributed by atoms with van der Waals surface area (Å²) in [6.07, 6.45) is -0.721. The first-order valence-corrected chi connectivity index (χ1v) is 7.84. The molecule has 0 aliphatic rings. The molecule has 0 radical (unpaired) electrons. The average Bonchev–Trinajstić information content (AvgIpc) is 2.58. The van der Waals surface area contributed by atoms with Crippen LogP contribution in [0.2, 0.25) is 0 Å². The summed E-state index contributed by atoms with van der Waals surface area (Å²) < 4.78 is 10.2. The molecule has 0 unspecified atom stereocenters. The molecule has 7 nitrogen and oxygen atoms in total. The number of rotatable bonds is 6. The van der Waals surface area contributed by atoms with Gasteiger partial charge < -0.3 is 14.8 Å². The average molecular weight is 344 g/mol. The number of alkyl carbamates (subject to hydrolysis) is 1. The fourth-order valence-electron chi connectivity index (χ4n) is 2.05. The van der Waals surface area contributed by atoms with E-state index in [1.54, 1.807) is 13.8 Å². The summed E-state index contributed by atoms with van der Waals surface area (Å²) in [4.78, 5) is 37.8. The highest BCUT2D eigenvalue weighted by Gasteiger charge is 2.27. The van der Waals surface area contributed by atoms with Crippen molar-refractivity contribution < 1.29 is 19.1 Å². The molecule has 0 saturated heterocycles. The molecule has 0 aliphatic carbocycles. The highest BCUT2D eigenvalue weighted by atomic mass is 16.6. The minimum Gasteiger partial charge on any atom is -0.445 e. The van der Waals surface area contributed by atoms with E-state index in [4.69, 9.17) is 9.47 Å². The smallest absolute Gasteiger partial charge is 0.408 e.